The molecule has 0 atom stereocenters. The van der Waals surface area contributed by atoms with Gasteiger partial charge in [-0.3, -0.25) is 0 Å². The van der Waals surface area contributed by atoms with Crippen LogP contribution >= 0.6 is 0 Å². The third-order valence-electron chi connectivity index (χ3n) is 4.27. The standard InChI is InChI=1S/C22H22N2O3/c1-15(18-10-9-17-7-5-6-8-19(17)13-18)24-23-14-16-11-20(25-2)22(27-4)21(12-16)26-3/h5-14H,1-4H3. The highest BCUT2D eigenvalue weighted by atomic mass is 16.5. The lowest BCUT2D eigenvalue weighted by Gasteiger charge is -2.12. The van der Waals surface area contributed by atoms with Crippen molar-refractivity contribution in [2.75, 3.05) is 21.3 Å². The van der Waals surface area contributed by atoms with Crippen molar-refractivity contribution >= 4 is 22.7 Å². The quantitative estimate of drug-likeness (QED) is 0.471. The van der Waals surface area contributed by atoms with E-state index in [0.717, 1.165) is 16.8 Å². The minimum absolute atomic E-state index is 0.549. The summed E-state index contributed by atoms with van der Waals surface area (Å²) in [7, 11) is 4.74. The van der Waals surface area contributed by atoms with Crippen molar-refractivity contribution in [2.24, 2.45) is 10.2 Å². The van der Waals surface area contributed by atoms with Crippen LogP contribution in [0.25, 0.3) is 10.8 Å². The first kappa shape index (κ1) is 18.5. The Morgan fingerprint density at radius 2 is 1.48 bits per heavy atom. The third kappa shape index (κ3) is 4.08. The first-order valence-corrected chi connectivity index (χ1v) is 8.53. The summed E-state index contributed by atoms with van der Waals surface area (Å²) in [6.07, 6.45) is 1.66. The van der Waals surface area contributed by atoms with Gasteiger partial charge in [0, 0.05) is 5.56 Å². The number of hydrogen-bond acceptors (Lipinski definition) is 5. The van der Waals surface area contributed by atoms with Crippen molar-refractivity contribution in [1.82, 2.24) is 0 Å². The maximum atomic E-state index is 5.35. The summed E-state index contributed by atoms with van der Waals surface area (Å²) in [6.45, 7) is 1.94. The predicted molar refractivity (Wildman–Crippen MR) is 110 cm³/mol. The molecule has 0 saturated carbocycles. The van der Waals surface area contributed by atoms with Gasteiger partial charge in [0.15, 0.2) is 11.5 Å². The molecule has 5 heteroatoms. The van der Waals surface area contributed by atoms with Crippen LogP contribution < -0.4 is 14.2 Å². The van der Waals surface area contributed by atoms with Crippen LogP contribution in [0.4, 0.5) is 0 Å². The van der Waals surface area contributed by atoms with Gasteiger partial charge in [-0.05, 0) is 41.5 Å². The first-order chi connectivity index (χ1) is 13.2. The van der Waals surface area contributed by atoms with Crippen LogP contribution in [0.15, 0.2) is 64.8 Å². The highest BCUT2D eigenvalue weighted by Crippen LogP contribution is 2.37. The molecule has 27 heavy (non-hydrogen) atoms. The van der Waals surface area contributed by atoms with Crippen molar-refractivity contribution in [1.29, 1.82) is 0 Å². The van der Waals surface area contributed by atoms with Gasteiger partial charge in [0.2, 0.25) is 5.75 Å². The molecule has 0 aromatic heterocycles. The topological polar surface area (TPSA) is 52.4 Å². The van der Waals surface area contributed by atoms with Gasteiger partial charge in [-0.1, -0.05) is 36.4 Å². The smallest absolute Gasteiger partial charge is 0.203 e. The van der Waals surface area contributed by atoms with E-state index in [-0.39, 0.29) is 0 Å². The number of ether oxygens (including phenoxy) is 3. The van der Waals surface area contributed by atoms with E-state index >= 15 is 0 Å². The molecular weight excluding hydrogens is 340 g/mol. The molecule has 0 heterocycles. The van der Waals surface area contributed by atoms with Crippen LogP contribution in [0.2, 0.25) is 0 Å². The molecule has 0 bridgehead atoms. The summed E-state index contributed by atoms with van der Waals surface area (Å²) in [5.41, 5.74) is 2.68. The number of methoxy groups -OCH3 is 3. The summed E-state index contributed by atoms with van der Waals surface area (Å²) in [5.74, 6) is 1.70. The Bertz CT molecular complexity index is 984. The van der Waals surface area contributed by atoms with Gasteiger partial charge in [-0.15, -0.1) is 0 Å². The Morgan fingerprint density at radius 1 is 0.815 bits per heavy atom. The average molecular weight is 362 g/mol. The van der Waals surface area contributed by atoms with E-state index in [1.165, 1.54) is 10.8 Å². The molecule has 0 aliphatic heterocycles. The molecule has 0 aliphatic rings. The van der Waals surface area contributed by atoms with Crippen LogP contribution in [-0.4, -0.2) is 33.3 Å². The van der Waals surface area contributed by atoms with Gasteiger partial charge in [-0.25, -0.2) is 0 Å². The summed E-state index contributed by atoms with van der Waals surface area (Å²) < 4.78 is 16.0. The maximum Gasteiger partial charge on any atom is 0.203 e. The van der Waals surface area contributed by atoms with E-state index in [1.807, 2.05) is 31.2 Å². The zero-order chi connectivity index (χ0) is 19.2. The fraction of sp³-hybridized carbons (Fsp3) is 0.182. The molecule has 0 spiro atoms. The van der Waals surface area contributed by atoms with Gasteiger partial charge >= 0.3 is 0 Å². The maximum absolute atomic E-state index is 5.35. The van der Waals surface area contributed by atoms with Crippen LogP contribution in [-0.2, 0) is 0 Å². The lowest BCUT2D eigenvalue weighted by atomic mass is 10.0. The van der Waals surface area contributed by atoms with Gasteiger partial charge < -0.3 is 14.2 Å². The van der Waals surface area contributed by atoms with Crippen molar-refractivity contribution < 1.29 is 14.2 Å². The van der Waals surface area contributed by atoms with Crippen molar-refractivity contribution in [3.63, 3.8) is 0 Å². The van der Waals surface area contributed by atoms with Crippen LogP contribution in [0.3, 0.4) is 0 Å². The van der Waals surface area contributed by atoms with E-state index in [9.17, 15) is 0 Å². The van der Waals surface area contributed by atoms with E-state index in [2.05, 4.69) is 40.5 Å². The lowest BCUT2D eigenvalue weighted by molar-refractivity contribution is 0.324. The van der Waals surface area contributed by atoms with Gasteiger partial charge in [0.25, 0.3) is 0 Å². The molecule has 5 nitrogen and oxygen atoms in total. The number of nitrogens with zero attached hydrogens (tertiary/aromatic N) is 2. The number of benzene rings is 3. The van der Waals surface area contributed by atoms with Gasteiger partial charge in [0.1, 0.15) is 0 Å². The van der Waals surface area contributed by atoms with Crippen molar-refractivity contribution in [3.8, 4) is 17.2 Å². The van der Waals surface area contributed by atoms with Crippen LogP contribution in [0.1, 0.15) is 18.1 Å². The number of hydrogen-bond donors (Lipinski definition) is 0. The average Bonchev–Trinajstić information content (AvgIpc) is 2.72. The fourth-order valence-electron chi connectivity index (χ4n) is 2.83. The highest BCUT2D eigenvalue weighted by molar-refractivity contribution is 6.02. The van der Waals surface area contributed by atoms with E-state index < -0.39 is 0 Å². The number of fused-ring (bicyclic) bond motifs is 1. The van der Waals surface area contributed by atoms with Crippen molar-refractivity contribution in [2.45, 2.75) is 6.92 Å². The second-order valence-electron chi connectivity index (χ2n) is 5.95. The molecule has 0 unspecified atom stereocenters. The third-order valence-corrected chi connectivity index (χ3v) is 4.27. The Hall–Kier alpha value is -3.34. The molecule has 0 amide bonds. The van der Waals surface area contributed by atoms with Crippen LogP contribution in [0, 0.1) is 0 Å². The Morgan fingerprint density at radius 3 is 2.11 bits per heavy atom. The zero-order valence-corrected chi connectivity index (χ0v) is 15.9. The first-order valence-electron chi connectivity index (χ1n) is 8.53. The molecule has 138 valence electrons. The molecule has 3 aromatic carbocycles. The van der Waals surface area contributed by atoms with Gasteiger partial charge in [0.05, 0.1) is 33.3 Å². The Balaban J connectivity index is 1.86. The van der Waals surface area contributed by atoms with Crippen LogP contribution in [0.5, 0.6) is 17.2 Å². The fourth-order valence-corrected chi connectivity index (χ4v) is 2.83. The largest absolute Gasteiger partial charge is 0.493 e. The Labute approximate surface area is 158 Å². The molecule has 0 fully saturated rings. The molecule has 0 saturated heterocycles. The molecule has 3 rings (SSSR count). The lowest BCUT2D eigenvalue weighted by Crippen LogP contribution is -1.97. The zero-order valence-electron chi connectivity index (χ0n) is 15.9. The summed E-state index contributed by atoms with van der Waals surface area (Å²) in [6, 6.07) is 18.1. The summed E-state index contributed by atoms with van der Waals surface area (Å²) in [4.78, 5) is 0. The normalized spacial score (nSPS) is 11.8. The minimum Gasteiger partial charge on any atom is -0.493 e. The molecule has 0 radical (unpaired) electrons. The van der Waals surface area contributed by atoms with E-state index in [0.29, 0.717) is 17.2 Å². The molecule has 3 aromatic rings. The predicted octanol–water partition coefficient (Wildman–Crippen LogP) is 4.71. The van der Waals surface area contributed by atoms with E-state index in [1.54, 1.807) is 27.5 Å². The van der Waals surface area contributed by atoms with E-state index in [4.69, 9.17) is 14.2 Å². The summed E-state index contributed by atoms with van der Waals surface area (Å²) in [5, 5.41) is 10.9. The van der Waals surface area contributed by atoms with Gasteiger partial charge in [-0.2, -0.15) is 10.2 Å². The molecular formula is C22H22N2O3. The van der Waals surface area contributed by atoms with Crippen molar-refractivity contribution in [3.05, 3.63) is 65.7 Å². The monoisotopic (exact) mass is 362 g/mol. The molecule has 0 N–H and O–H groups in total. The SMILES string of the molecule is COc1cc(C=NN=C(C)c2ccc3ccccc3c2)cc(OC)c1OC. The minimum atomic E-state index is 0.549. The second-order valence-corrected chi connectivity index (χ2v) is 5.95. The Kier molecular flexibility index (Phi) is 5.71. The summed E-state index contributed by atoms with van der Waals surface area (Å²) >= 11 is 0. The number of rotatable bonds is 6. The second kappa shape index (κ2) is 8.36. The molecule has 0 aliphatic carbocycles. The highest BCUT2D eigenvalue weighted by Gasteiger charge is 2.12.